The van der Waals surface area contributed by atoms with Crippen molar-refractivity contribution in [3.8, 4) is 0 Å². The molecule has 22 heavy (non-hydrogen) atoms. The molecule has 1 aliphatic heterocycles. The third-order valence-corrected chi connectivity index (χ3v) is 4.24. The molecule has 0 atom stereocenters. The molecule has 6 heteroatoms. The van der Waals surface area contributed by atoms with Crippen molar-refractivity contribution in [3.63, 3.8) is 0 Å². The van der Waals surface area contributed by atoms with E-state index in [2.05, 4.69) is 10.2 Å². The maximum Gasteiger partial charge on any atom is 0.336 e. The van der Waals surface area contributed by atoms with E-state index in [9.17, 15) is 9.59 Å². The van der Waals surface area contributed by atoms with Crippen molar-refractivity contribution < 1.29 is 20.5 Å². The lowest BCUT2D eigenvalue weighted by Gasteiger charge is -2.30. The highest BCUT2D eigenvalue weighted by molar-refractivity contribution is 5.93. The van der Waals surface area contributed by atoms with Crippen LogP contribution in [0.1, 0.15) is 27.6 Å². The number of ether oxygens (including phenoxy) is 2. The second-order valence-corrected chi connectivity index (χ2v) is 5.70. The van der Waals surface area contributed by atoms with Crippen LogP contribution in [0.5, 0.6) is 0 Å². The normalized spacial score (nSPS) is 20.0. The van der Waals surface area contributed by atoms with E-state index in [4.69, 9.17) is 9.47 Å². The number of amides is 1. The van der Waals surface area contributed by atoms with Gasteiger partial charge in [-0.25, -0.2) is 4.79 Å². The van der Waals surface area contributed by atoms with E-state index in [-0.39, 0.29) is 13.3 Å². The molecule has 2 aliphatic rings. The SMILES string of the molecule is COC(=O)C1=C(NC(=O)CN2CCC(OC)CC2)C(C)=CC1.[HH]. The number of carbonyl (C=O) groups excluding carboxylic acids is 2. The number of esters is 1. The maximum atomic E-state index is 12.2. The van der Waals surface area contributed by atoms with Crippen LogP contribution in [-0.2, 0) is 19.1 Å². The lowest BCUT2D eigenvalue weighted by Crippen LogP contribution is -2.43. The Balaban J connectivity index is 0.00000264. The average Bonchev–Trinajstić information content (AvgIpc) is 2.88. The molecular weight excluding hydrogens is 284 g/mol. The van der Waals surface area contributed by atoms with Crippen LogP contribution in [0, 0.1) is 0 Å². The van der Waals surface area contributed by atoms with Gasteiger partial charge in [0.2, 0.25) is 5.91 Å². The number of nitrogens with zero attached hydrogens (tertiary/aromatic N) is 1. The second-order valence-electron chi connectivity index (χ2n) is 5.70. The Hall–Kier alpha value is -1.66. The summed E-state index contributed by atoms with van der Waals surface area (Å²) in [6, 6.07) is 0. The van der Waals surface area contributed by atoms with E-state index in [0.29, 0.717) is 30.3 Å². The van der Waals surface area contributed by atoms with E-state index in [1.54, 1.807) is 7.11 Å². The molecule has 1 amide bonds. The van der Waals surface area contributed by atoms with Crippen LogP contribution < -0.4 is 5.32 Å². The molecule has 0 aromatic heterocycles. The summed E-state index contributed by atoms with van der Waals surface area (Å²) < 4.78 is 10.1. The first-order chi connectivity index (χ1) is 10.5. The van der Waals surface area contributed by atoms with Gasteiger partial charge in [-0.1, -0.05) is 6.08 Å². The smallest absolute Gasteiger partial charge is 0.336 e. The van der Waals surface area contributed by atoms with Gasteiger partial charge in [-0.05, 0) is 25.3 Å². The number of hydrogen-bond acceptors (Lipinski definition) is 5. The van der Waals surface area contributed by atoms with Gasteiger partial charge in [0.15, 0.2) is 0 Å². The van der Waals surface area contributed by atoms with Gasteiger partial charge < -0.3 is 14.8 Å². The van der Waals surface area contributed by atoms with Crippen LogP contribution >= 0.6 is 0 Å². The predicted molar refractivity (Wildman–Crippen MR) is 84.1 cm³/mol. The molecule has 1 fully saturated rings. The Labute approximate surface area is 132 Å². The standard InChI is InChI=1S/C16H24N2O4.H2/c1-11-4-5-13(16(20)22-3)15(11)17-14(19)10-18-8-6-12(21-2)7-9-18;/h4,12H,5-10H2,1-3H3,(H,17,19);1H. The molecule has 0 aromatic rings. The van der Waals surface area contributed by atoms with Gasteiger partial charge in [-0.15, -0.1) is 0 Å². The lowest BCUT2D eigenvalue weighted by molar-refractivity contribution is -0.136. The van der Waals surface area contributed by atoms with Crippen LogP contribution in [-0.4, -0.2) is 56.7 Å². The van der Waals surface area contributed by atoms with E-state index < -0.39 is 0 Å². The average molecular weight is 310 g/mol. The Morgan fingerprint density at radius 3 is 2.64 bits per heavy atom. The van der Waals surface area contributed by atoms with E-state index in [0.717, 1.165) is 31.5 Å². The van der Waals surface area contributed by atoms with E-state index in [1.165, 1.54) is 7.11 Å². The number of carbonyl (C=O) groups is 2. The van der Waals surface area contributed by atoms with Gasteiger partial charge in [0.05, 0.1) is 31.0 Å². The van der Waals surface area contributed by atoms with Crippen LogP contribution in [0.2, 0.25) is 0 Å². The largest absolute Gasteiger partial charge is 0.466 e. The summed E-state index contributed by atoms with van der Waals surface area (Å²) in [6.07, 6.45) is 4.62. The number of hydrogen-bond donors (Lipinski definition) is 1. The minimum absolute atomic E-state index is 0. The summed E-state index contributed by atoms with van der Waals surface area (Å²) in [7, 11) is 3.07. The minimum Gasteiger partial charge on any atom is -0.466 e. The predicted octanol–water partition coefficient (Wildman–Crippen LogP) is 1.24. The van der Waals surface area contributed by atoms with Gasteiger partial charge >= 0.3 is 5.97 Å². The van der Waals surface area contributed by atoms with Crippen LogP contribution in [0.15, 0.2) is 22.9 Å². The fourth-order valence-electron chi connectivity index (χ4n) is 2.87. The third kappa shape index (κ3) is 3.96. The fraction of sp³-hybridized carbons (Fsp3) is 0.625. The molecule has 124 valence electrons. The van der Waals surface area contributed by atoms with Gasteiger partial charge in [0, 0.05) is 28.0 Å². The highest BCUT2D eigenvalue weighted by Gasteiger charge is 2.25. The molecule has 1 saturated heterocycles. The topological polar surface area (TPSA) is 67.9 Å². The lowest BCUT2D eigenvalue weighted by atomic mass is 10.1. The number of likely N-dealkylation sites (tertiary alicyclic amines) is 1. The summed E-state index contributed by atoms with van der Waals surface area (Å²) in [5.41, 5.74) is 2.03. The van der Waals surface area contributed by atoms with Crippen LogP contribution in [0.4, 0.5) is 0 Å². The quantitative estimate of drug-likeness (QED) is 0.774. The van der Waals surface area contributed by atoms with Crippen molar-refractivity contribution in [2.24, 2.45) is 0 Å². The Morgan fingerprint density at radius 2 is 2.05 bits per heavy atom. The van der Waals surface area contributed by atoms with Crippen molar-refractivity contribution in [1.29, 1.82) is 0 Å². The second kappa shape index (κ2) is 7.56. The molecule has 0 spiro atoms. The molecule has 0 aromatic carbocycles. The first-order valence-corrected chi connectivity index (χ1v) is 7.58. The van der Waals surface area contributed by atoms with Gasteiger partial charge in [-0.2, -0.15) is 0 Å². The van der Waals surface area contributed by atoms with Crippen molar-refractivity contribution in [3.05, 3.63) is 22.9 Å². The van der Waals surface area contributed by atoms with Gasteiger partial charge in [0.25, 0.3) is 0 Å². The maximum absolute atomic E-state index is 12.2. The molecule has 2 rings (SSSR count). The first kappa shape index (κ1) is 16.7. The Kier molecular flexibility index (Phi) is 5.74. The van der Waals surface area contributed by atoms with Gasteiger partial charge in [0.1, 0.15) is 0 Å². The number of rotatable bonds is 5. The van der Waals surface area contributed by atoms with Crippen molar-refractivity contribution in [2.45, 2.75) is 32.3 Å². The monoisotopic (exact) mass is 310 g/mol. The molecule has 0 saturated carbocycles. The van der Waals surface area contributed by atoms with Crippen LogP contribution in [0.3, 0.4) is 0 Å². The zero-order valence-electron chi connectivity index (χ0n) is 13.5. The molecule has 1 heterocycles. The zero-order chi connectivity index (χ0) is 16.1. The van der Waals surface area contributed by atoms with Gasteiger partial charge in [-0.3, -0.25) is 9.69 Å². The Morgan fingerprint density at radius 1 is 1.36 bits per heavy atom. The number of piperidine rings is 1. The highest BCUT2D eigenvalue weighted by Crippen LogP contribution is 2.24. The molecule has 0 radical (unpaired) electrons. The third-order valence-electron chi connectivity index (χ3n) is 4.24. The summed E-state index contributed by atoms with van der Waals surface area (Å²) in [6.45, 7) is 3.92. The number of allylic oxidation sites excluding steroid dienone is 2. The number of methoxy groups -OCH3 is 2. The number of nitrogens with one attached hydrogen (secondary N) is 1. The summed E-state index contributed by atoms with van der Waals surface area (Å²) in [5, 5.41) is 2.87. The molecule has 6 nitrogen and oxygen atoms in total. The Bertz CT molecular complexity index is 508. The van der Waals surface area contributed by atoms with Crippen LogP contribution in [0.25, 0.3) is 0 Å². The zero-order valence-corrected chi connectivity index (χ0v) is 13.5. The first-order valence-electron chi connectivity index (χ1n) is 7.58. The molecule has 0 bridgehead atoms. The summed E-state index contributed by atoms with van der Waals surface area (Å²) >= 11 is 0. The molecule has 1 aliphatic carbocycles. The summed E-state index contributed by atoms with van der Waals surface area (Å²) in [5.74, 6) is -0.480. The minimum atomic E-state index is -0.385. The van der Waals surface area contributed by atoms with E-state index >= 15 is 0 Å². The molecule has 1 N–H and O–H groups in total. The van der Waals surface area contributed by atoms with Crippen molar-refractivity contribution in [1.82, 2.24) is 10.2 Å². The summed E-state index contributed by atoms with van der Waals surface area (Å²) in [4.78, 5) is 26.1. The molecular formula is C16H26N2O4. The van der Waals surface area contributed by atoms with Crippen molar-refractivity contribution >= 4 is 11.9 Å². The van der Waals surface area contributed by atoms with Crippen molar-refractivity contribution in [2.75, 3.05) is 33.9 Å². The highest BCUT2D eigenvalue weighted by atomic mass is 16.5. The fourth-order valence-corrected chi connectivity index (χ4v) is 2.87. The van der Waals surface area contributed by atoms with E-state index in [1.807, 2.05) is 13.0 Å². The molecule has 0 unspecified atom stereocenters.